The van der Waals surface area contributed by atoms with E-state index in [0.29, 0.717) is 99.1 Å². The molecule has 1 N–H and O–H groups in total. The van der Waals surface area contributed by atoms with Gasteiger partial charge in [-0.25, -0.2) is 0 Å². The maximum atomic E-state index is 8.57. The molecule has 0 amide bonds. The first kappa shape index (κ1) is 36.6. The molecule has 1 saturated heterocycles. The van der Waals surface area contributed by atoms with E-state index >= 15 is 0 Å². The lowest BCUT2D eigenvalue weighted by Gasteiger charge is -2.12. The lowest BCUT2D eigenvalue weighted by atomic mass is 10.1. The first-order valence-corrected chi connectivity index (χ1v) is 15.3. The molecule has 1 heterocycles. The number of rotatable bonds is 32. The lowest BCUT2D eigenvalue weighted by molar-refractivity contribution is -0.0791. The van der Waals surface area contributed by atoms with E-state index in [0.717, 1.165) is 6.42 Å². The van der Waals surface area contributed by atoms with Gasteiger partial charge in [0.15, 0.2) is 6.29 Å². The highest BCUT2D eigenvalue weighted by Gasteiger charge is 2.25. The number of hydrogen-bond acceptors (Lipinski definition) is 10. The van der Waals surface area contributed by atoms with Gasteiger partial charge in [-0.1, -0.05) is 58.3 Å². The second-order valence-electron chi connectivity index (χ2n) is 9.61. The summed E-state index contributed by atoms with van der Waals surface area (Å²) in [4.78, 5) is 0. The number of aliphatic hydroxyl groups excluding tert-OH is 1. The van der Waals surface area contributed by atoms with Gasteiger partial charge in [0.05, 0.1) is 106 Å². The summed E-state index contributed by atoms with van der Waals surface area (Å²) in [7, 11) is 0. The van der Waals surface area contributed by atoms with Crippen molar-refractivity contribution in [3.05, 3.63) is 0 Å². The number of hydrogen-bond donors (Lipinski definition) is 1. The Morgan fingerprint density at radius 3 is 1.41 bits per heavy atom. The van der Waals surface area contributed by atoms with Crippen LogP contribution < -0.4 is 0 Å². The Bertz CT molecular complexity index is 471. The quantitative estimate of drug-likeness (QED) is 0.121. The van der Waals surface area contributed by atoms with Gasteiger partial charge in [-0.15, -0.1) is 0 Å². The fraction of sp³-hybridized carbons (Fsp3) is 1.00. The molecule has 0 spiro atoms. The zero-order chi connectivity index (χ0) is 27.9. The Balaban J connectivity index is 1.71. The zero-order valence-corrected chi connectivity index (χ0v) is 24.7. The Kier molecular flexibility index (Phi) is 28.7. The zero-order valence-electron chi connectivity index (χ0n) is 24.7. The summed E-state index contributed by atoms with van der Waals surface area (Å²) in [5, 5.41) is 8.57. The molecule has 1 aliphatic heterocycles. The SMILES string of the molecule is CCCCCCCCCCCC1OCC(COCCOCCOCCOCCOCCOCCOCCO)O1. The predicted molar refractivity (Wildman–Crippen MR) is 149 cm³/mol. The molecule has 1 rings (SSSR count). The highest BCUT2D eigenvalue weighted by molar-refractivity contribution is 4.65. The number of aliphatic hydroxyl groups is 1. The molecule has 0 aromatic carbocycles. The van der Waals surface area contributed by atoms with Crippen molar-refractivity contribution in [2.45, 2.75) is 83.5 Å². The Labute approximate surface area is 237 Å². The van der Waals surface area contributed by atoms with Crippen LogP contribution in [-0.4, -0.2) is 123 Å². The topological polar surface area (TPSA) is 103 Å². The summed E-state index contributed by atoms with van der Waals surface area (Å²) in [6, 6.07) is 0. The maximum absolute atomic E-state index is 8.57. The third-order valence-corrected chi connectivity index (χ3v) is 6.13. The van der Waals surface area contributed by atoms with Crippen LogP contribution in [-0.2, 0) is 42.6 Å². The molecule has 10 heteroatoms. The van der Waals surface area contributed by atoms with Crippen LogP contribution in [0.4, 0.5) is 0 Å². The van der Waals surface area contributed by atoms with E-state index in [1.807, 2.05) is 0 Å². The van der Waals surface area contributed by atoms with Gasteiger partial charge in [-0.05, 0) is 12.8 Å². The van der Waals surface area contributed by atoms with Crippen molar-refractivity contribution in [2.75, 3.05) is 106 Å². The van der Waals surface area contributed by atoms with Gasteiger partial charge >= 0.3 is 0 Å². The molecule has 2 atom stereocenters. The molecule has 10 nitrogen and oxygen atoms in total. The molecule has 39 heavy (non-hydrogen) atoms. The second kappa shape index (κ2) is 30.6. The van der Waals surface area contributed by atoms with Gasteiger partial charge < -0.3 is 47.7 Å². The molecule has 1 fully saturated rings. The molecule has 0 aliphatic carbocycles. The summed E-state index contributed by atoms with van der Waals surface area (Å²) in [6.07, 6.45) is 12.9. The minimum absolute atomic E-state index is 0.0264. The van der Waals surface area contributed by atoms with E-state index in [1.54, 1.807) is 0 Å². The molecule has 0 aromatic heterocycles. The molecule has 2 unspecified atom stereocenters. The van der Waals surface area contributed by atoms with E-state index in [2.05, 4.69) is 6.92 Å². The summed E-state index contributed by atoms with van der Waals surface area (Å²) in [5.74, 6) is 0. The predicted octanol–water partition coefficient (Wildman–Crippen LogP) is 3.76. The largest absolute Gasteiger partial charge is 0.394 e. The van der Waals surface area contributed by atoms with Crippen molar-refractivity contribution in [3.8, 4) is 0 Å². The first-order valence-electron chi connectivity index (χ1n) is 15.3. The van der Waals surface area contributed by atoms with Crippen molar-refractivity contribution in [3.63, 3.8) is 0 Å². The van der Waals surface area contributed by atoms with Crippen molar-refractivity contribution < 1.29 is 47.7 Å². The summed E-state index contributed by atoms with van der Waals surface area (Å²) < 4.78 is 49.7. The fourth-order valence-corrected chi connectivity index (χ4v) is 3.97. The van der Waals surface area contributed by atoms with Crippen molar-refractivity contribution in [2.24, 2.45) is 0 Å². The molecular formula is C29H58O10. The van der Waals surface area contributed by atoms with E-state index in [9.17, 15) is 0 Å². The van der Waals surface area contributed by atoms with E-state index < -0.39 is 0 Å². The van der Waals surface area contributed by atoms with Crippen LogP contribution in [0, 0.1) is 0 Å². The monoisotopic (exact) mass is 566 g/mol. The summed E-state index contributed by atoms with van der Waals surface area (Å²) in [5.41, 5.74) is 0. The van der Waals surface area contributed by atoms with Gasteiger partial charge in [0, 0.05) is 0 Å². The number of unbranched alkanes of at least 4 members (excludes halogenated alkanes) is 8. The van der Waals surface area contributed by atoms with Crippen molar-refractivity contribution >= 4 is 0 Å². The average Bonchev–Trinajstić information content (AvgIpc) is 3.40. The van der Waals surface area contributed by atoms with Gasteiger partial charge in [-0.2, -0.15) is 0 Å². The molecule has 0 saturated carbocycles. The average molecular weight is 567 g/mol. The van der Waals surface area contributed by atoms with E-state index in [1.165, 1.54) is 57.8 Å². The van der Waals surface area contributed by atoms with Gasteiger partial charge in [0.25, 0.3) is 0 Å². The minimum Gasteiger partial charge on any atom is -0.394 e. The van der Waals surface area contributed by atoms with E-state index in [-0.39, 0.29) is 19.0 Å². The molecule has 0 radical (unpaired) electrons. The molecular weight excluding hydrogens is 508 g/mol. The van der Waals surface area contributed by atoms with Gasteiger partial charge in [-0.3, -0.25) is 0 Å². The lowest BCUT2D eigenvalue weighted by Crippen LogP contribution is -2.21. The van der Waals surface area contributed by atoms with Crippen LogP contribution >= 0.6 is 0 Å². The van der Waals surface area contributed by atoms with Crippen LogP contribution in [0.25, 0.3) is 0 Å². The van der Waals surface area contributed by atoms with Crippen molar-refractivity contribution in [1.29, 1.82) is 0 Å². The molecule has 0 bridgehead atoms. The second-order valence-corrected chi connectivity index (χ2v) is 9.61. The molecule has 1 aliphatic rings. The van der Waals surface area contributed by atoms with Crippen LogP contribution in [0.15, 0.2) is 0 Å². The van der Waals surface area contributed by atoms with Crippen LogP contribution in [0.1, 0.15) is 71.1 Å². The minimum atomic E-state index is -0.0675. The standard InChI is InChI=1S/C29H58O10/c1-2-3-4-5-6-7-8-9-10-11-29-38-27-28(39-29)26-37-25-24-36-23-22-35-21-20-34-19-18-33-17-16-32-15-14-31-13-12-30/h28-30H,2-27H2,1H3. The Hall–Kier alpha value is -0.400. The smallest absolute Gasteiger partial charge is 0.158 e. The maximum Gasteiger partial charge on any atom is 0.158 e. The van der Waals surface area contributed by atoms with Crippen LogP contribution in [0.5, 0.6) is 0 Å². The number of ether oxygens (including phenoxy) is 9. The first-order chi connectivity index (χ1) is 19.4. The fourth-order valence-electron chi connectivity index (χ4n) is 3.97. The van der Waals surface area contributed by atoms with Crippen molar-refractivity contribution in [1.82, 2.24) is 0 Å². The van der Waals surface area contributed by atoms with Gasteiger partial charge in [0.2, 0.25) is 0 Å². The normalized spacial score (nSPS) is 17.4. The Morgan fingerprint density at radius 1 is 0.538 bits per heavy atom. The third kappa shape index (κ3) is 26.3. The highest BCUT2D eigenvalue weighted by Crippen LogP contribution is 2.18. The molecule has 234 valence electrons. The van der Waals surface area contributed by atoms with Gasteiger partial charge in [0.1, 0.15) is 6.10 Å². The Morgan fingerprint density at radius 2 is 0.949 bits per heavy atom. The van der Waals surface area contributed by atoms with E-state index in [4.69, 9.17) is 47.7 Å². The molecule has 0 aromatic rings. The highest BCUT2D eigenvalue weighted by atomic mass is 16.7. The van der Waals surface area contributed by atoms with Crippen LogP contribution in [0.3, 0.4) is 0 Å². The third-order valence-electron chi connectivity index (χ3n) is 6.13. The summed E-state index contributed by atoms with van der Waals surface area (Å²) in [6.45, 7) is 10.0. The summed E-state index contributed by atoms with van der Waals surface area (Å²) >= 11 is 0. The van der Waals surface area contributed by atoms with Crippen LogP contribution in [0.2, 0.25) is 0 Å².